The van der Waals surface area contributed by atoms with Crippen LogP contribution in [0, 0.1) is 17.8 Å². The largest absolute Gasteiger partial charge is 0.497 e. The van der Waals surface area contributed by atoms with E-state index in [4.69, 9.17) is 4.74 Å². The molecule has 5 rings (SSSR count). The van der Waals surface area contributed by atoms with Gasteiger partial charge in [-0.1, -0.05) is 20.3 Å². The van der Waals surface area contributed by atoms with Crippen LogP contribution in [0.25, 0.3) is 0 Å². The molecule has 1 saturated heterocycles. The Morgan fingerprint density at radius 1 is 1.10 bits per heavy atom. The molecule has 0 bridgehead atoms. The summed E-state index contributed by atoms with van der Waals surface area (Å²) in [6.45, 7) is 4.37. The molecule has 5 atom stereocenters. The number of nitrogens with one attached hydrogen (secondary N) is 1. The fourth-order valence-electron chi connectivity index (χ4n) is 6.16. The second-order valence-electron chi connectivity index (χ2n) is 9.09. The molecule has 3 aliphatic rings. The fourth-order valence-corrected chi connectivity index (χ4v) is 6.16. The predicted molar refractivity (Wildman–Crippen MR) is 116 cm³/mol. The number of anilines is 1. The van der Waals surface area contributed by atoms with E-state index in [2.05, 4.69) is 24.9 Å². The molecule has 1 aliphatic heterocycles. The number of rotatable bonds is 4. The van der Waals surface area contributed by atoms with Gasteiger partial charge in [0, 0.05) is 17.3 Å². The molecule has 2 heterocycles. The van der Waals surface area contributed by atoms with Crippen molar-refractivity contribution in [3.63, 3.8) is 0 Å². The Labute approximate surface area is 177 Å². The first-order valence-corrected chi connectivity index (χ1v) is 11.3. The van der Waals surface area contributed by atoms with Crippen LogP contribution in [0.3, 0.4) is 0 Å². The van der Waals surface area contributed by atoms with E-state index in [-0.39, 0.29) is 29.6 Å². The highest BCUT2D eigenvalue weighted by atomic mass is 16.5. The Morgan fingerprint density at radius 2 is 1.87 bits per heavy atom. The van der Waals surface area contributed by atoms with Crippen LogP contribution in [0.1, 0.15) is 68.3 Å². The molecule has 5 nitrogen and oxygen atoms in total. The zero-order chi connectivity index (χ0) is 21.0. The van der Waals surface area contributed by atoms with Crippen molar-refractivity contribution in [1.82, 2.24) is 4.98 Å². The van der Waals surface area contributed by atoms with Gasteiger partial charge in [0.15, 0.2) is 0 Å². The number of aromatic nitrogens is 1. The monoisotopic (exact) mass is 406 g/mol. The van der Waals surface area contributed by atoms with Crippen molar-refractivity contribution < 1.29 is 14.3 Å². The number of ether oxygens (including phenoxy) is 1. The molecule has 0 spiro atoms. The van der Waals surface area contributed by atoms with Crippen molar-refractivity contribution in [3.8, 4) is 5.75 Å². The van der Waals surface area contributed by atoms with Gasteiger partial charge in [-0.05, 0) is 73.4 Å². The minimum absolute atomic E-state index is 0.0215. The van der Waals surface area contributed by atoms with E-state index in [9.17, 15) is 9.59 Å². The summed E-state index contributed by atoms with van der Waals surface area (Å²) in [4.78, 5) is 32.4. The summed E-state index contributed by atoms with van der Waals surface area (Å²) < 4.78 is 5.24. The lowest BCUT2D eigenvalue weighted by molar-refractivity contribution is -0.123. The molecule has 2 aliphatic carbocycles. The van der Waals surface area contributed by atoms with Gasteiger partial charge in [-0.15, -0.1) is 0 Å². The number of fused-ring (bicyclic) bond motifs is 6. The van der Waals surface area contributed by atoms with Crippen molar-refractivity contribution >= 4 is 17.5 Å². The number of amides is 2. The third-order valence-corrected chi connectivity index (χ3v) is 7.75. The number of methoxy groups -OCH3 is 1. The molecular weight excluding hydrogens is 376 g/mol. The van der Waals surface area contributed by atoms with E-state index in [0.717, 1.165) is 31.2 Å². The smallest absolute Gasteiger partial charge is 0.242 e. The lowest BCUT2D eigenvalue weighted by Crippen LogP contribution is -2.39. The third kappa shape index (κ3) is 2.74. The first-order chi connectivity index (χ1) is 14.6. The van der Waals surface area contributed by atoms with E-state index >= 15 is 0 Å². The number of hydrogen-bond acceptors (Lipinski definition) is 3. The Kier molecular flexibility index (Phi) is 4.72. The first-order valence-electron chi connectivity index (χ1n) is 11.3. The van der Waals surface area contributed by atoms with E-state index in [1.54, 1.807) is 7.11 Å². The van der Waals surface area contributed by atoms with Gasteiger partial charge >= 0.3 is 0 Å². The molecule has 1 aromatic carbocycles. The molecule has 1 saturated carbocycles. The zero-order valence-electron chi connectivity index (χ0n) is 18.0. The summed E-state index contributed by atoms with van der Waals surface area (Å²) in [5.41, 5.74) is 4.11. The predicted octanol–water partition coefficient (Wildman–Crippen LogP) is 4.78. The Morgan fingerprint density at radius 3 is 2.53 bits per heavy atom. The Bertz CT molecular complexity index is 977. The lowest BCUT2D eigenvalue weighted by atomic mass is 9.59. The number of H-pyrrole nitrogens is 1. The van der Waals surface area contributed by atoms with Crippen LogP contribution in [0.4, 0.5) is 5.69 Å². The number of nitrogens with zero attached hydrogens (tertiary/aromatic N) is 1. The normalized spacial score (nSPS) is 30.1. The Hall–Kier alpha value is -2.56. The van der Waals surface area contributed by atoms with Gasteiger partial charge in [0.1, 0.15) is 5.75 Å². The highest BCUT2D eigenvalue weighted by Gasteiger charge is 2.58. The highest BCUT2D eigenvalue weighted by Crippen LogP contribution is 2.57. The summed E-state index contributed by atoms with van der Waals surface area (Å²) >= 11 is 0. The van der Waals surface area contributed by atoms with Crippen LogP contribution in [-0.2, 0) is 16.0 Å². The van der Waals surface area contributed by atoms with E-state index in [1.807, 2.05) is 24.3 Å². The quantitative estimate of drug-likeness (QED) is 0.743. The molecule has 1 N–H and O–H groups in total. The maximum atomic E-state index is 13.7. The topological polar surface area (TPSA) is 62.4 Å². The van der Waals surface area contributed by atoms with Crippen LogP contribution in [-0.4, -0.2) is 23.9 Å². The van der Waals surface area contributed by atoms with Crippen LogP contribution >= 0.6 is 0 Å². The van der Waals surface area contributed by atoms with Crippen molar-refractivity contribution in [2.75, 3.05) is 12.0 Å². The van der Waals surface area contributed by atoms with Crippen molar-refractivity contribution in [2.45, 2.75) is 57.8 Å². The fraction of sp³-hybridized carbons (Fsp3) is 0.520. The van der Waals surface area contributed by atoms with E-state index < -0.39 is 0 Å². The molecular formula is C25H30N2O3. The zero-order valence-corrected chi connectivity index (χ0v) is 18.0. The molecule has 2 aromatic rings. The summed E-state index contributed by atoms with van der Waals surface area (Å²) in [5.74, 6) is 1.26. The van der Waals surface area contributed by atoms with E-state index in [0.29, 0.717) is 23.3 Å². The van der Waals surface area contributed by atoms with Gasteiger partial charge in [0.2, 0.25) is 11.8 Å². The SMILES string of the molecule is CCc1cc2c([nH]1)[C@@H]1CCC(CC)C[C@@H]1[C@@H]1C(=O)N(c3ccc(OC)cc3)C(=O)[C@H]21. The molecule has 0 radical (unpaired) electrons. The standard InChI is InChI=1S/C25H30N2O3/c1-4-14-6-11-18-19(12-14)21-22(20-13-15(5-2)26-23(18)20)25(29)27(24(21)28)16-7-9-17(30-3)10-8-16/h7-10,13-14,18-19,21-22,26H,4-6,11-12H2,1-3H3/t14?,18-,19+,21+,22-/m1/s1. The summed E-state index contributed by atoms with van der Waals surface area (Å²) in [6.07, 6.45) is 5.40. The van der Waals surface area contributed by atoms with Crippen molar-refractivity contribution in [1.29, 1.82) is 0 Å². The number of carbonyl (C=O) groups excluding carboxylic acids is 2. The summed E-state index contributed by atoms with van der Waals surface area (Å²) in [7, 11) is 1.61. The number of aryl methyl sites for hydroxylation is 1. The molecule has 5 heteroatoms. The van der Waals surface area contributed by atoms with Crippen LogP contribution in [0.5, 0.6) is 5.75 Å². The average molecular weight is 407 g/mol. The first kappa shape index (κ1) is 19.4. The third-order valence-electron chi connectivity index (χ3n) is 7.75. The second-order valence-corrected chi connectivity index (χ2v) is 9.09. The van der Waals surface area contributed by atoms with Crippen molar-refractivity contribution in [2.24, 2.45) is 17.8 Å². The van der Waals surface area contributed by atoms with Gasteiger partial charge in [0.25, 0.3) is 0 Å². The maximum absolute atomic E-state index is 13.7. The van der Waals surface area contributed by atoms with Crippen LogP contribution in [0.2, 0.25) is 0 Å². The molecule has 30 heavy (non-hydrogen) atoms. The number of hydrogen-bond donors (Lipinski definition) is 1. The minimum Gasteiger partial charge on any atom is -0.497 e. The number of imide groups is 1. The second kappa shape index (κ2) is 7.29. The molecule has 2 amide bonds. The highest BCUT2D eigenvalue weighted by molar-refractivity contribution is 6.24. The van der Waals surface area contributed by atoms with Gasteiger partial charge in [0.05, 0.1) is 24.6 Å². The minimum atomic E-state index is -0.358. The molecule has 1 unspecified atom stereocenters. The van der Waals surface area contributed by atoms with Crippen LogP contribution in [0.15, 0.2) is 30.3 Å². The number of carbonyl (C=O) groups is 2. The molecule has 1 aromatic heterocycles. The van der Waals surface area contributed by atoms with Gasteiger partial charge < -0.3 is 9.72 Å². The van der Waals surface area contributed by atoms with Gasteiger partial charge in [-0.2, -0.15) is 0 Å². The van der Waals surface area contributed by atoms with Crippen molar-refractivity contribution in [3.05, 3.63) is 47.3 Å². The molecule has 158 valence electrons. The summed E-state index contributed by atoms with van der Waals surface area (Å²) in [5, 5.41) is 0. The van der Waals surface area contributed by atoms with Gasteiger partial charge in [-0.3, -0.25) is 9.59 Å². The van der Waals surface area contributed by atoms with Crippen LogP contribution < -0.4 is 9.64 Å². The Balaban J connectivity index is 1.60. The summed E-state index contributed by atoms with van der Waals surface area (Å²) in [6, 6.07) is 9.40. The van der Waals surface area contributed by atoms with E-state index in [1.165, 1.54) is 22.7 Å². The number of aromatic amines is 1. The lowest BCUT2D eigenvalue weighted by Gasteiger charge is -2.43. The maximum Gasteiger partial charge on any atom is 0.242 e. The van der Waals surface area contributed by atoms with Gasteiger partial charge in [-0.25, -0.2) is 4.90 Å². The number of benzene rings is 1. The molecule has 2 fully saturated rings. The average Bonchev–Trinajstić information content (AvgIpc) is 3.32.